The molecule has 0 aliphatic rings. The van der Waals surface area contributed by atoms with Crippen molar-refractivity contribution in [3.05, 3.63) is 70.1 Å². The Kier molecular flexibility index (Phi) is 7.38. The number of rotatable bonds is 8. The number of halogens is 1. The highest BCUT2D eigenvalue weighted by Gasteiger charge is 2.14. The predicted octanol–water partition coefficient (Wildman–Crippen LogP) is 3.85. The normalized spacial score (nSPS) is 10.8. The summed E-state index contributed by atoms with van der Waals surface area (Å²) in [6.45, 7) is 1.64. The molecule has 0 saturated carbocycles. The minimum absolute atomic E-state index is 0.0762. The fourth-order valence-electron chi connectivity index (χ4n) is 2.73. The standard InChI is InChI=1S/C22H19ClN4O4/c1-14-9-16(12-29-2)19(10-24)22(26-14)30-13-21(28)27-25-11-18-7-8-20(31-18)15-3-5-17(23)6-4-15/h3-9,11H,12-13H2,1-2H3,(H,27,28). The minimum Gasteiger partial charge on any atom is -0.467 e. The van der Waals surface area contributed by atoms with Gasteiger partial charge in [-0.15, -0.1) is 0 Å². The number of ether oxygens (including phenoxy) is 2. The first-order valence-corrected chi connectivity index (χ1v) is 9.58. The average molecular weight is 439 g/mol. The molecule has 3 rings (SSSR count). The molecule has 1 N–H and O–H groups in total. The van der Waals surface area contributed by atoms with Gasteiger partial charge in [0.2, 0.25) is 5.88 Å². The number of carbonyl (C=O) groups excluding carboxylic acids is 1. The molecule has 0 fully saturated rings. The van der Waals surface area contributed by atoms with Crippen LogP contribution >= 0.6 is 11.6 Å². The van der Waals surface area contributed by atoms with Crippen molar-refractivity contribution in [2.24, 2.45) is 5.10 Å². The van der Waals surface area contributed by atoms with E-state index in [1.807, 2.05) is 18.2 Å². The Morgan fingerprint density at radius 2 is 2.10 bits per heavy atom. The van der Waals surface area contributed by atoms with Gasteiger partial charge in [-0.3, -0.25) is 4.79 Å². The number of pyridine rings is 1. The smallest absolute Gasteiger partial charge is 0.278 e. The van der Waals surface area contributed by atoms with E-state index in [1.54, 1.807) is 37.3 Å². The molecule has 1 aromatic carbocycles. The molecule has 0 spiro atoms. The Hall–Kier alpha value is -3.67. The minimum atomic E-state index is -0.513. The summed E-state index contributed by atoms with van der Waals surface area (Å²) in [6, 6.07) is 14.5. The summed E-state index contributed by atoms with van der Waals surface area (Å²) in [5, 5.41) is 13.9. The van der Waals surface area contributed by atoms with E-state index in [1.165, 1.54) is 13.3 Å². The molecule has 0 atom stereocenters. The molecule has 3 aromatic rings. The van der Waals surface area contributed by atoms with E-state index in [2.05, 4.69) is 15.5 Å². The molecule has 0 radical (unpaired) electrons. The number of amides is 1. The molecule has 0 saturated heterocycles. The van der Waals surface area contributed by atoms with Gasteiger partial charge in [0.15, 0.2) is 6.61 Å². The zero-order valence-electron chi connectivity index (χ0n) is 16.9. The SMILES string of the molecule is COCc1cc(C)nc(OCC(=O)NN=Cc2ccc(-c3ccc(Cl)cc3)o2)c1C#N. The highest BCUT2D eigenvalue weighted by molar-refractivity contribution is 6.30. The molecule has 2 aromatic heterocycles. The van der Waals surface area contributed by atoms with Gasteiger partial charge in [-0.25, -0.2) is 10.4 Å². The lowest BCUT2D eigenvalue weighted by Gasteiger charge is -2.10. The first-order valence-electron chi connectivity index (χ1n) is 9.20. The second kappa shape index (κ2) is 10.4. The molecular weight excluding hydrogens is 420 g/mol. The summed E-state index contributed by atoms with van der Waals surface area (Å²) in [6.07, 6.45) is 1.37. The van der Waals surface area contributed by atoms with Gasteiger partial charge < -0.3 is 13.9 Å². The molecule has 8 nitrogen and oxygen atoms in total. The Morgan fingerprint density at radius 1 is 1.32 bits per heavy atom. The summed E-state index contributed by atoms with van der Waals surface area (Å²) >= 11 is 5.89. The third kappa shape index (κ3) is 5.92. The molecule has 158 valence electrons. The van der Waals surface area contributed by atoms with Gasteiger partial charge in [-0.05, 0) is 49.4 Å². The van der Waals surface area contributed by atoms with Gasteiger partial charge in [-0.1, -0.05) is 11.6 Å². The monoisotopic (exact) mass is 438 g/mol. The number of nitrogens with one attached hydrogen (secondary N) is 1. The second-order valence-corrected chi connectivity index (χ2v) is 6.87. The van der Waals surface area contributed by atoms with E-state index in [0.29, 0.717) is 27.8 Å². The molecular formula is C22H19ClN4O4. The van der Waals surface area contributed by atoms with Crippen LogP contribution in [-0.2, 0) is 16.1 Å². The van der Waals surface area contributed by atoms with E-state index in [4.69, 9.17) is 25.5 Å². The summed E-state index contributed by atoms with van der Waals surface area (Å²) in [5.74, 6) is 0.672. The maximum atomic E-state index is 12.0. The zero-order valence-corrected chi connectivity index (χ0v) is 17.6. The number of methoxy groups -OCH3 is 1. The van der Waals surface area contributed by atoms with Crippen molar-refractivity contribution in [3.8, 4) is 23.3 Å². The Labute approximate surface area is 184 Å². The Balaban J connectivity index is 1.57. The van der Waals surface area contributed by atoms with Crippen LogP contribution in [0.5, 0.6) is 5.88 Å². The lowest BCUT2D eigenvalue weighted by Crippen LogP contribution is -2.25. The molecule has 1 amide bonds. The van der Waals surface area contributed by atoms with E-state index >= 15 is 0 Å². The maximum Gasteiger partial charge on any atom is 0.278 e. The fourth-order valence-corrected chi connectivity index (χ4v) is 2.86. The van der Waals surface area contributed by atoms with Crippen LogP contribution in [0.25, 0.3) is 11.3 Å². The number of nitriles is 1. The van der Waals surface area contributed by atoms with Crippen LogP contribution in [0.4, 0.5) is 0 Å². The molecule has 0 aliphatic heterocycles. The van der Waals surface area contributed by atoms with Crippen molar-refractivity contribution in [2.75, 3.05) is 13.7 Å². The van der Waals surface area contributed by atoms with Gasteiger partial charge >= 0.3 is 0 Å². The van der Waals surface area contributed by atoms with Gasteiger partial charge in [0.05, 0.1) is 12.8 Å². The van der Waals surface area contributed by atoms with Crippen LogP contribution in [-0.4, -0.2) is 30.8 Å². The summed E-state index contributed by atoms with van der Waals surface area (Å²) in [7, 11) is 1.53. The number of furan rings is 1. The summed E-state index contributed by atoms with van der Waals surface area (Å²) in [5.41, 5.74) is 4.73. The quantitative estimate of drug-likeness (QED) is 0.422. The predicted molar refractivity (Wildman–Crippen MR) is 115 cm³/mol. The van der Waals surface area contributed by atoms with Crippen LogP contribution in [0, 0.1) is 18.3 Å². The Bertz CT molecular complexity index is 1130. The highest BCUT2D eigenvalue weighted by atomic mass is 35.5. The molecule has 9 heteroatoms. The van der Waals surface area contributed by atoms with Crippen LogP contribution in [0.15, 0.2) is 52.0 Å². The summed E-state index contributed by atoms with van der Waals surface area (Å²) in [4.78, 5) is 16.2. The van der Waals surface area contributed by atoms with Crippen molar-refractivity contribution < 1.29 is 18.7 Å². The zero-order chi connectivity index (χ0) is 22.2. The van der Waals surface area contributed by atoms with Gasteiger partial charge in [0.25, 0.3) is 5.91 Å². The van der Waals surface area contributed by atoms with Crippen molar-refractivity contribution in [1.82, 2.24) is 10.4 Å². The van der Waals surface area contributed by atoms with Crippen molar-refractivity contribution in [3.63, 3.8) is 0 Å². The van der Waals surface area contributed by atoms with E-state index in [-0.39, 0.29) is 24.7 Å². The summed E-state index contributed by atoms with van der Waals surface area (Å²) < 4.78 is 16.2. The maximum absolute atomic E-state index is 12.0. The fraction of sp³-hybridized carbons (Fsp3) is 0.182. The number of aromatic nitrogens is 1. The van der Waals surface area contributed by atoms with Crippen LogP contribution in [0.3, 0.4) is 0 Å². The molecule has 0 bridgehead atoms. The second-order valence-electron chi connectivity index (χ2n) is 6.44. The van der Waals surface area contributed by atoms with Gasteiger partial charge in [0, 0.05) is 29.0 Å². The number of nitrogens with zero attached hydrogens (tertiary/aromatic N) is 3. The Morgan fingerprint density at radius 3 is 2.81 bits per heavy atom. The largest absolute Gasteiger partial charge is 0.467 e. The number of aryl methyl sites for hydroxylation is 1. The molecule has 2 heterocycles. The third-order valence-electron chi connectivity index (χ3n) is 4.08. The number of hydrazone groups is 1. The lowest BCUT2D eigenvalue weighted by atomic mass is 10.1. The first-order chi connectivity index (χ1) is 15.0. The van der Waals surface area contributed by atoms with Crippen LogP contribution < -0.4 is 10.2 Å². The number of carbonyl (C=O) groups is 1. The molecule has 31 heavy (non-hydrogen) atoms. The lowest BCUT2D eigenvalue weighted by molar-refractivity contribution is -0.123. The third-order valence-corrected chi connectivity index (χ3v) is 4.34. The van der Waals surface area contributed by atoms with E-state index in [0.717, 1.165) is 5.56 Å². The average Bonchev–Trinajstić information content (AvgIpc) is 3.22. The van der Waals surface area contributed by atoms with Crippen molar-refractivity contribution in [1.29, 1.82) is 5.26 Å². The van der Waals surface area contributed by atoms with Gasteiger partial charge in [0.1, 0.15) is 23.2 Å². The first kappa shape index (κ1) is 22.0. The van der Waals surface area contributed by atoms with Gasteiger partial charge in [-0.2, -0.15) is 10.4 Å². The molecule has 0 unspecified atom stereocenters. The highest BCUT2D eigenvalue weighted by Crippen LogP contribution is 2.23. The van der Waals surface area contributed by atoms with E-state index in [9.17, 15) is 10.1 Å². The van der Waals surface area contributed by atoms with Crippen LogP contribution in [0.2, 0.25) is 5.02 Å². The van der Waals surface area contributed by atoms with E-state index < -0.39 is 5.91 Å². The number of hydrogen-bond donors (Lipinski definition) is 1. The van der Waals surface area contributed by atoms with Crippen molar-refractivity contribution in [2.45, 2.75) is 13.5 Å². The number of hydrogen-bond acceptors (Lipinski definition) is 7. The van der Waals surface area contributed by atoms with Crippen LogP contribution in [0.1, 0.15) is 22.6 Å². The van der Waals surface area contributed by atoms with Crippen molar-refractivity contribution >= 4 is 23.7 Å². The topological polar surface area (TPSA) is 110 Å². The number of benzene rings is 1. The molecule has 0 aliphatic carbocycles.